The fraction of sp³-hybridized carbons (Fsp3) is 0.474. The summed E-state index contributed by atoms with van der Waals surface area (Å²) in [6, 6.07) is 9.96. The van der Waals surface area contributed by atoms with E-state index in [4.69, 9.17) is 5.11 Å². The maximum atomic E-state index is 12.6. The van der Waals surface area contributed by atoms with Crippen LogP contribution in [0.5, 0.6) is 0 Å². The Kier molecular flexibility index (Phi) is 5.00. The minimum Gasteiger partial charge on any atom is -0.392 e. The van der Waals surface area contributed by atoms with Gasteiger partial charge < -0.3 is 10.0 Å². The van der Waals surface area contributed by atoms with Gasteiger partial charge in [0.25, 0.3) is 5.91 Å². The first-order valence-electron chi connectivity index (χ1n) is 8.63. The number of hydrogen-bond donors (Lipinski definition) is 1. The van der Waals surface area contributed by atoms with Crippen molar-refractivity contribution in [3.05, 3.63) is 52.8 Å². The highest BCUT2D eigenvalue weighted by atomic mass is 16.3. The van der Waals surface area contributed by atoms with Crippen LogP contribution in [0.1, 0.15) is 40.7 Å². The first-order valence-corrected chi connectivity index (χ1v) is 8.63. The van der Waals surface area contributed by atoms with Gasteiger partial charge in [0.1, 0.15) is 0 Å². The van der Waals surface area contributed by atoms with Crippen molar-refractivity contribution < 1.29 is 9.90 Å². The summed E-state index contributed by atoms with van der Waals surface area (Å²) in [4.78, 5) is 14.6. The summed E-state index contributed by atoms with van der Waals surface area (Å²) in [5.41, 5.74) is 3.78. The topological polar surface area (TPSA) is 58.4 Å². The Morgan fingerprint density at radius 3 is 2.62 bits per heavy atom. The number of carbonyl (C=O) groups is 1. The van der Waals surface area contributed by atoms with Crippen molar-refractivity contribution in [1.82, 2.24) is 14.7 Å². The molecule has 3 rings (SSSR count). The third-order valence-electron chi connectivity index (χ3n) is 4.80. The Morgan fingerprint density at radius 2 is 2.00 bits per heavy atom. The summed E-state index contributed by atoms with van der Waals surface area (Å²) in [6.07, 6.45) is 2.00. The lowest BCUT2D eigenvalue weighted by Crippen LogP contribution is -2.29. The number of aliphatic hydroxyl groups excluding tert-OH is 1. The average Bonchev–Trinajstić information content (AvgIpc) is 3.21. The van der Waals surface area contributed by atoms with Gasteiger partial charge in [0.2, 0.25) is 0 Å². The predicted octanol–water partition coefficient (Wildman–Crippen LogP) is 2.41. The normalized spacial score (nSPS) is 17.5. The molecule has 5 nitrogen and oxygen atoms in total. The van der Waals surface area contributed by atoms with Crippen molar-refractivity contribution in [2.24, 2.45) is 5.92 Å². The van der Waals surface area contributed by atoms with Gasteiger partial charge in [-0.3, -0.25) is 9.48 Å². The fourth-order valence-electron chi connectivity index (χ4n) is 3.39. The molecule has 1 saturated heterocycles. The molecule has 24 heavy (non-hydrogen) atoms. The van der Waals surface area contributed by atoms with Gasteiger partial charge in [0, 0.05) is 25.3 Å². The van der Waals surface area contributed by atoms with Gasteiger partial charge >= 0.3 is 0 Å². The number of benzene rings is 1. The number of hydrogen-bond acceptors (Lipinski definition) is 3. The molecule has 0 radical (unpaired) electrons. The number of likely N-dealkylation sites (tertiary alicyclic amines) is 1. The van der Waals surface area contributed by atoms with E-state index in [0.29, 0.717) is 11.6 Å². The maximum absolute atomic E-state index is 12.6. The Hall–Kier alpha value is -2.14. The molecule has 0 aliphatic carbocycles. The van der Waals surface area contributed by atoms with Crippen LogP contribution in [0.2, 0.25) is 0 Å². The molecule has 2 aromatic rings. The molecule has 1 aromatic carbocycles. The van der Waals surface area contributed by atoms with Gasteiger partial charge in [-0.1, -0.05) is 24.3 Å². The summed E-state index contributed by atoms with van der Waals surface area (Å²) >= 11 is 0. The molecule has 0 spiro atoms. The molecular formula is C19H25N3O2. The molecule has 128 valence electrons. The molecule has 1 N–H and O–H groups in total. The first-order chi connectivity index (χ1) is 11.6. The molecule has 0 unspecified atom stereocenters. The van der Waals surface area contributed by atoms with E-state index >= 15 is 0 Å². The second-order valence-corrected chi connectivity index (χ2v) is 6.57. The fourth-order valence-corrected chi connectivity index (χ4v) is 3.39. The van der Waals surface area contributed by atoms with Gasteiger partial charge in [-0.05, 0) is 49.8 Å². The molecule has 1 atom stereocenters. The molecule has 1 fully saturated rings. The zero-order chi connectivity index (χ0) is 17.1. The SMILES string of the molecule is CCn1nc(C(=O)N2CC[C@H](Cc3ccc(CO)cc3)C2)cc1C. The van der Waals surface area contributed by atoms with Crippen LogP contribution in [0, 0.1) is 12.8 Å². The summed E-state index contributed by atoms with van der Waals surface area (Å²) in [5.74, 6) is 0.534. The van der Waals surface area contributed by atoms with E-state index < -0.39 is 0 Å². The van der Waals surface area contributed by atoms with E-state index in [1.54, 1.807) is 0 Å². The number of carbonyl (C=O) groups excluding carboxylic acids is 1. The van der Waals surface area contributed by atoms with Crippen molar-refractivity contribution in [3.8, 4) is 0 Å². The summed E-state index contributed by atoms with van der Waals surface area (Å²) in [7, 11) is 0. The third kappa shape index (κ3) is 3.51. The van der Waals surface area contributed by atoms with Crippen molar-refractivity contribution >= 4 is 5.91 Å². The van der Waals surface area contributed by atoms with Crippen LogP contribution in [0.15, 0.2) is 30.3 Å². The monoisotopic (exact) mass is 327 g/mol. The minimum absolute atomic E-state index is 0.0448. The first kappa shape index (κ1) is 16.7. The van der Waals surface area contributed by atoms with E-state index in [0.717, 1.165) is 43.7 Å². The molecule has 1 aliphatic heterocycles. The van der Waals surface area contributed by atoms with E-state index in [1.165, 1.54) is 5.56 Å². The van der Waals surface area contributed by atoms with Crippen molar-refractivity contribution in [1.29, 1.82) is 0 Å². The maximum Gasteiger partial charge on any atom is 0.274 e. The van der Waals surface area contributed by atoms with Gasteiger partial charge in [0.15, 0.2) is 5.69 Å². The van der Waals surface area contributed by atoms with Gasteiger partial charge in [-0.2, -0.15) is 5.10 Å². The highest BCUT2D eigenvalue weighted by Crippen LogP contribution is 2.23. The lowest BCUT2D eigenvalue weighted by atomic mass is 9.98. The number of nitrogens with zero attached hydrogens (tertiary/aromatic N) is 3. The lowest BCUT2D eigenvalue weighted by Gasteiger charge is -2.15. The molecule has 0 bridgehead atoms. The Labute approximate surface area is 142 Å². The molecule has 1 aliphatic rings. The van der Waals surface area contributed by atoms with Crippen LogP contribution >= 0.6 is 0 Å². The molecule has 1 amide bonds. The Balaban J connectivity index is 1.60. The molecule has 1 aromatic heterocycles. The zero-order valence-corrected chi connectivity index (χ0v) is 14.4. The van der Waals surface area contributed by atoms with E-state index in [9.17, 15) is 4.79 Å². The highest BCUT2D eigenvalue weighted by molar-refractivity contribution is 5.92. The number of aromatic nitrogens is 2. The number of aliphatic hydroxyl groups is 1. The van der Waals surface area contributed by atoms with Crippen molar-refractivity contribution in [2.45, 2.75) is 39.8 Å². The van der Waals surface area contributed by atoms with E-state index in [-0.39, 0.29) is 12.5 Å². The Morgan fingerprint density at radius 1 is 1.29 bits per heavy atom. The third-order valence-corrected chi connectivity index (χ3v) is 4.80. The van der Waals surface area contributed by atoms with E-state index in [2.05, 4.69) is 17.2 Å². The number of rotatable bonds is 5. The molecule has 2 heterocycles. The van der Waals surface area contributed by atoms with Crippen LogP contribution in [-0.4, -0.2) is 38.8 Å². The van der Waals surface area contributed by atoms with Crippen molar-refractivity contribution in [3.63, 3.8) is 0 Å². The summed E-state index contributed by atoms with van der Waals surface area (Å²) in [5, 5.41) is 13.5. The van der Waals surface area contributed by atoms with Crippen LogP contribution < -0.4 is 0 Å². The van der Waals surface area contributed by atoms with Crippen LogP contribution in [0.25, 0.3) is 0 Å². The van der Waals surface area contributed by atoms with Crippen LogP contribution in [0.3, 0.4) is 0 Å². The molecular weight excluding hydrogens is 302 g/mol. The minimum atomic E-state index is 0.0448. The number of amides is 1. The predicted molar refractivity (Wildman–Crippen MR) is 92.7 cm³/mol. The van der Waals surface area contributed by atoms with E-state index in [1.807, 2.05) is 41.6 Å². The van der Waals surface area contributed by atoms with Gasteiger partial charge in [0.05, 0.1) is 6.61 Å². The van der Waals surface area contributed by atoms with Gasteiger partial charge in [-0.25, -0.2) is 0 Å². The quantitative estimate of drug-likeness (QED) is 0.917. The van der Waals surface area contributed by atoms with Crippen LogP contribution in [0.4, 0.5) is 0 Å². The second-order valence-electron chi connectivity index (χ2n) is 6.57. The molecule has 0 saturated carbocycles. The highest BCUT2D eigenvalue weighted by Gasteiger charge is 2.28. The second kappa shape index (κ2) is 7.18. The number of aryl methyl sites for hydroxylation is 2. The van der Waals surface area contributed by atoms with Gasteiger partial charge in [-0.15, -0.1) is 0 Å². The average molecular weight is 327 g/mol. The standard InChI is InChI=1S/C19H25N3O2/c1-3-22-14(2)10-18(20-22)19(24)21-9-8-17(12-21)11-15-4-6-16(13-23)7-5-15/h4-7,10,17,23H,3,8-9,11-13H2,1-2H3/t17-/m1/s1. The zero-order valence-electron chi connectivity index (χ0n) is 14.4. The smallest absolute Gasteiger partial charge is 0.274 e. The summed E-state index contributed by atoms with van der Waals surface area (Å²) < 4.78 is 1.86. The Bertz CT molecular complexity index is 706. The lowest BCUT2D eigenvalue weighted by molar-refractivity contribution is 0.0780. The van der Waals surface area contributed by atoms with Crippen molar-refractivity contribution in [2.75, 3.05) is 13.1 Å². The van der Waals surface area contributed by atoms with Crippen LogP contribution in [-0.2, 0) is 19.6 Å². The largest absolute Gasteiger partial charge is 0.392 e. The summed E-state index contributed by atoms with van der Waals surface area (Å²) in [6.45, 7) is 6.47. The molecule has 5 heteroatoms.